The lowest BCUT2D eigenvalue weighted by Gasteiger charge is -2.07. The Labute approximate surface area is 164 Å². The summed E-state index contributed by atoms with van der Waals surface area (Å²) in [4.78, 5) is 12.7. The molecule has 0 saturated heterocycles. The number of rotatable bonds is 7. The number of hydrogen-bond donors (Lipinski definition) is 0. The molecule has 0 spiro atoms. The van der Waals surface area contributed by atoms with E-state index in [-0.39, 0.29) is 11.5 Å². The van der Waals surface area contributed by atoms with Gasteiger partial charge in [-0.25, -0.2) is 0 Å². The van der Waals surface area contributed by atoms with Crippen LogP contribution in [0.15, 0.2) is 33.9 Å². The molecule has 0 N–H and O–H groups in total. The van der Waals surface area contributed by atoms with E-state index in [9.17, 15) is 4.79 Å². The third kappa shape index (κ3) is 4.33. The number of thioether (sulfide) groups is 1. The van der Waals surface area contributed by atoms with Crippen LogP contribution in [0.2, 0.25) is 0 Å². The predicted molar refractivity (Wildman–Crippen MR) is 108 cm³/mol. The lowest BCUT2D eigenvalue weighted by atomic mass is 10.1. The van der Waals surface area contributed by atoms with Gasteiger partial charge in [0.1, 0.15) is 0 Å². The van der Waals surface area contributed by atoms with Gasteiger partial charge in [-0.1, -0.05) is 35.9 Å². The largest absolute Gasteiger partial charge is 0.411 e. The van der Waals surface area contributed by atoms with Crippen molar-refractivity contribution in [2.45, 2.75) is 52.8 Å². The summed E-state index contributed by atoms with van der Waals surface area (Å²) in [6.45, 7) is 11.2. The number of benzene rings is 1. The third-order valence-electron chi connectivity index (χ3n) is 4.52. The number of nitrogens with zero attached hydrogens (tertiary/aromatic N) is 3. The van der Waals surface area contributed by atoms with Crippen molar-refractivity contribution >= 4 is 17.5 Å². The van der Waals surface area contributed by atoms with Crippen molar-refractivity contribution in [1.82, 2.24) is 14.8 Å². The number of hydrogen-bond acceptors (Lipinski definition) is 5. The molecule has 0 aliphatic heterocycles. The summed E-state index contributed by atoms with van der Waals surface area (Å²) in [6, 6.07) is 8.11. The summed E-state index contributed by atoms with van der Waals surface area (Å²) < 4.78 is 7.94. The van der Waals surface area contributed by atoms with Gasteiger partial charge in [0.2, 0.25) is 5.89 Å². The molecule has 2 aromatic heterocycles. The van der Waals surface area contributed by atoms with Crippen LogP contribution >= 0.6 is 11.8 Å². The van der Waals surface area contributed by atoms with Gasteiger partial charge in [0.15, 0.2) is 5.78 Å². The number of aryl methyl sites for hydroxylation is 3. The molecule has 0 radical (unpaired) electrons. The molecule has 0 aliphatic carbocycles. The highest BCUT2D eigenvalue weighted by Gasteiger charge is 2.17. The first-order chi connectivity index (χ1) is 12.9. The van der Waals surface area contributed by atoms with Crippen LogP contribution in [0.1, 0.15) is 46.2 Å². The molecule has 3 rings (SSSR count). The van der Waals surface area contributed by atoms with E-state index in [1.165, 1.54) is 11.8 Å². The van der Waals surface area contributed by atoms with Crippen molar-refractivity contribution in [3.63, 3.8) is 0 Å². The van der Waals surface area contributed by atoms with E-state index >= 15 is 0 Å². The molecule has 27 heavy (non-hydrogen) atoms. The van der Waals surface area contributed by atoms with Gasteiger partial charge in [0.25, 0.3) is 5.22 Å². The summed E-state index contributed by atoms with van der Waals surface area (Å²) >= 11 is 1.29. The first kappa shape index (κ1) is 19.4. The number of carbonyl (C=O) groups excluding carboxylic acids is 1. The zero-order valence-electron chi connectivity index (χ0n) is 16.5. The molecule has 0 unspecified atom stereocenters. The molecule has 0 aliphatic rings. The van der Waals surface area contributed by atoms with E-state index in [1.807, 2.05) is 45.9 Å². The highest BCUT2D eigenvalue weighted by molar-refractivity contribution is 7.99. The van der Waals surface area contributed by atoms with Crippen molar-refractivity contribution in [2.24, 2.45) is 0 Å². The quantitative estimate of drug-likeness (QED) is 0.417. The standard InChI is InChI=1S/C21H25N3O2S/c1-6-7-24-15(4)11-18(16(24)5)19(25)12-27-21-23-22-20(26-21)17-9-13(2)8-14(3)10-17/h8-11H,6-7,12H2,1-5H3. The average Bonchev–Trinajstić information content (AvgIpc) is 3.19. The molecule has 6 heteroatoms. The summed E-state index contributed by atoms with van der Waals surface area (Å²) in [5.41, 5.74) is 6.13. The number of aromatic nitrogens is 3. The summed E-state index contributed by atoms with van der Waals surface area (Å²) in [6.07, 6.45) is 1.04. The van der Waals surface area contributed by atoms with Crippen molar-refractivity contribution in [1.29, 1.82) is 0 Å². The Bertz CT molecular complexity index is 952. The average molecular weight is 384 g/mol. The van der Waals surface area contributed by atoms with Crippen LogP contribution in [-0.2, 0) is 6.54 Å². The van der Waals surface area contributed by atoms with Crippen LogP contribution in [0.4, 0.5) is 0 Å². The second kappa shape index (κ2) is 8.13. The van der Waals surface area contributed by atoms with Gasteiger partial charge in [-0.15, -0.1) is 10.2 Å². The Balaban J connectivity index is 1.70. The Morgan fingerprint density at radius 1 is 1.07 bits per heavy atom. The molecule has 1 aromatic carbocycles. The molecule has 2 heterocycles. The second-order valence-corrected chi connectivity index (χ2v) is 7.82. The minimum absolute atomic E-state index is 0.0848. The van der Waals surface area contributed by atoms with Gasteiger partial charge in [-0.05, 0) is 52.3 Å². The summed E-state index contributed by atoms with van der Waals surface area (Å²) in [5, 5.41) is 8.62. The normalized spacial score (nSPS) is 11.1. The molecule has 0 amide bonds. The van der Waals surface area contributed by atoms with E-state index in [0.29, 0.717) is 11.1 Å². The molecule has 0 bridgehead atoms. The Kier molecular flexibility index (Phi) is 5.85. The Morgan fingerprint density at radius 2 is 1.78 bits per heavy atom. The minimum atomic E-state index is 0.0848. The van der Waals surface area contributed by atoms with Crippen molar-refractivity contribution in [2.75, 3.05) is 5.75 Å². The topological polar surface area (TPSA) is 60.9 Å². The van der Waals surface area contributed by atoms with E-state index in [0.717, 1.165) is 46.6 Å². The maximum absolute atomic E-state index is 12.7. The number of ketones is 1. The van der Waals surface area contributed by atoms with E-state index in [2.05, 4.69) is 27.8 Å². The maximum Gasteiger partial charge on any atom is 0.277 e. The Morgan fingerprint density at radius 3 is 2.44 bits per heavy atom. The van der Waals surface area contributed by atoms with Gasteiger partial charge in [0.05, 0.1) is 5.75 Å². The molecule has 0 atom stereocenters. The zero-order chi connectivity index (χ0) is 19.6. The summed E-state index contributed by atoms with van der Waals surface area (Å²) in [5.74, 6) is 0.852. The molecular formula is C21H25N3O2S. The van der Waals surface area contributed by atoms with E-state index in [4.69, 9.17) is 4.42 Å². The minimum Gasteiger partial charge on any atom is -0.411 e. The molecule has 3 aromatic rings. The molecular weight excluding hydrogens is 358 g/mol. The van der Waals surface area contributed by atoms with Crippen LogP contribution in [0.3, 0.4) is 0 Å². The third-order valence-corrected chi connectivity index (χ3v) is 5.34. The first-order valence-corrected chi connectivity index (χ1v) is 10.1. The van der Waals surface area contributed by atoms with Crippen LogP contribution in [0.25, 0.3) is 11.5 Å². The first-order valence-electron chi connectivity index (χ1n) is 9.14. The fourth-order valence-electron chi connectivity index (χ4n) is 3.34. The Hall–Kier alpha value is -2.34. The lowest BCUT2D eigenvalue weighted by molar-refractivity contribution is 0.102. The van der Waals surface area contributed by atoms with Crippen molar-refractivity contribution < 1.29 is 9.21 Å². The summed E-state index contributed by atoms with van der Waals surface area (Å²) in [7, 11) is 0. The van der Waals surface area contributed by atoms with Gasteiger partial charge < -0.3 is 8.98 Å². The van der Waals surface area contributed by atoms with Gasteiger partial charge in [-0.2, -0.15) is 0 Å². The van der Waals surface area contributed by atoms with Crippen LogP contribution in [-0.4, -0.2) is 26.3 Å². The second-order valence-electron chi connectivity index (χ2n) is 6.90. The van der Waals surface area contributed by atoms with E-state index < -0.39 is 0 Å². The zero-order valence-corrected chi connectivity index (χ0v) is 17.3. The van der Waals surface area contributed by atoms with Gasteiger partial charge >= 0.3 is 0 Å². The fourth-order valence-corrected chi connectivity index (χ4v) is 3.99. The number of carbonyl (C=O) groups is 1. The molecule has 5 nitrogen and oxygen atoms in total. The highest BCUT2D eigenvalue weighted by atomic mass is 32.2. The van der Waals surface area contributed by atoms with Crippen LogP contribution < -0.4 is 0 Å². The maximum atomic E-state index is 12.7. The van der Waals surface area contributed by atoms with Crippen LogP contribution in [0, 0.1) is 27.7 Å². The molecule has 0 saturated carbocycles. The fraction of sp³-hybridized carbons (Fsp3) is 0.381. The van der Waals surface area contributed by atoms with Gasteiger partial charge in [-0.3, -0.25) is 4.79 Å². The molecule has 142 valence electrons. The van der Waals surface area contributed by atoms with Crippen molar-refractivity contribution in [3.8, 4) is 11.5 Å². The predicted octanol–water partition coefficient (Wildman–Crippen LogP) is 5.16. The SMILES string of the molecule is CCCn1c(C)cc(C(=O)CSc2nnc(-c3cc(C)cc(C)c3)o2)c1C. The van der Waals surface area contributed by atoms with Gasteiger partial charge in [0, 0.05) is 29.1 Å². The van der Waals surface area contributed by atoms with E-state index in [1.54, 1.807) is 0 Å². The lowest BCUT2D eigenvalue weighted by Crippen LogP contribution is -2.06. The number of Topliss-reactive ketones (excluding diaryl/α,β-unsaturated/α-hetero) is 1. The van der Waals surface area contributed by atoms with Crippen molar-refractivity contribution in [3.05, 3.63) is 52.3 Å². The smallest absolute Gasteiger partial charge is 0.277 e. The van der Waals surface area contributed by atoms with Crippen LogP contribution in [0.5, 0.6) is 0 Å². The highest BCUT2D eigenvalue weighted by Crippen LogP contribution is 2.26. The monoisotopic (exact) mass is 383 g/mol. The molecule has 0 fully saturated rings.